The second-order valence-corrected chi connectivity index (χ2v) is 4.85. The van der Waals surface area contributed by atoms with E-state index in [1.807, 2.05) is 11.6 Å². The van der Waals surface area contributed by atoms with Gasteiger partial charge in [0.1, 0.15) is 10.8 Å². The molecule has 0 aromatic carbocycles. The Hall–Kier alpha value is -0.700. The third-order valence-electron chi connectivity index (χ3n) is 3.48. The highest BCUT2D eigenvalue weighted by Crippen LogP contribution is 2.38. The largest absolute Gasteiger partial charge is 0.383 e. The lowest BCUT2D eigenvalue weighted by atomic mass is 10.1. The maximum atomic E-state index is 6.04. The zero-order valence-electron chi connectivity index (χ0n) is 9.33. The van der Waals surface area contributed by atoms with E-state index in [1.165, 1.54) is 25.7 Å². The molecular weight excluding hydrogens is 210 g/mol. The summed E-state index contributed by atoms with van der Waals surface area (Å²) in [5.41, 5.74) is 6.78. The highest BCUT2D eigenvalue weighted by atomic mass is 35.5. The molecule has 2 N–H and O–H groups in total. The van der Waals surface area contributed by atoms with Crippen molar-refractivity contribution >= 4 is 17.4 Å². The zero-order chi connectivity index (χ0) is 11.0. The van der Waals surface area contributed by atoms with Gasteiger partial charge in [-0.3, -0.25) is 0 Å². The summed E-state index contributed by atoms with van der Waals surface area (Å²) in [5, 5.41) is 5.04. The fourth-order valence-corrected chi connectivity index (χ4v) is 2.59. The van der Waals surface area contributed by atoms with E-state index in [0.29, 0.717) is 16.9 Å². The Morgan fingerprint density at radius 2 is 2.27 bits per heavy atom. The Morgan fingerprint density at radius 3 is 2.73 bits per heavy atom. The van der Waals surface area contributed by atoms with Crippen LogP contribution in [0, 0.1) is 12.8 Å². The number of hydrogen-bond acceptors (Lipinski definition) is 2. The van der Waals surface area contributed by atoms with Gasteiger partial charge in [-0.2, -0.15) is 5.10 Å². The molecule has 0 bridgehead atoms. The van der Waals surface area contributed by atoms with E-state index in [4.69, 9.17) is 17.3 Å². The Balaban J connectivity index is 2.20. The van der Waals surface area contributed by atoms with Gasteiger partial charge in [-0.1, -0.05) is 24.9 Å². The van der Waals surface area contributed by atoms with Crippen molar-refractivity contribution in [2.45, 2.75) is 45.6 Å². The van der Waals surface area contributed by atoms with Crippen LogP contribution in [-0.2, 0) is 0 Å². The molecule has 0 spiro atoms. The molecule has 15 heavy (non-hydrogen) atoms. The quantitative estimate of drug-likeness (QED) is 0.844. The molecular formula is C11H18ClN3. The summed E-state index contributed by atoms with van der Waals surface area (Å²) in [7, 11) is 0. The van der Waals surface area contributed by atoms with Gasteiger partial charge in [-0.15, -0.1) is 0 Å². The first-order valence-electron chi connectivity index (χ1n) is 5.63. The lowest BCUT2D eigenvalue weighted by molar-refractivity contribution is 0.439. The van der Waals surface area contributed by atoms with Crippen LogP contribution >= 0.6 is 11.6 Å². The van der Waals surface area contributed by atoms with Crippen molar-refractivity contribution in [2.24, 2.45) is 5.92 Å². The first-order chi connectivity index (χ1) is 7.13. The molecule has 1 aromatic rings. The molecule has 0 saturated heterocycles. The molecule has 2 unspecified atom stereocenters. The molecule has 2 atom stereocenters. The van der Waals surface area contributed by atoms with Gasteiger partial charge in [0, 0.05) is 0 Å². The average Bonchev–Trinajstić information content (AvgIpc) is 2.79. The molecule has 1 fully saturated rings. The summed E-state index contributed by atoms with van der Waals surface area (Å²) >= 11 is 6.04. The second-order valence-electron chi connectivity index (χ2n) is 4.47. The van der Waals surface area contributed by atoms with Gasteiger partial charge >= 0.3 is 0 Å². The molecule has 1 saturated carbocycles. The van der Waals surface area contributed by atoms with Crippen molar-refractivity contribution in [1.82, 2.24) is 9.78 Å². The molecule has 0 aliphatic heterocycles. The van der Waals surface area contributed by atoms with Crippen molar-refractivity contribution < 1.29 is 0 Å². The standard InChI is InChI=1S/C11H18ClN3/c1-3-8-4-5-9(6-8)15-11(13)10(12)7(2)14-15/h8-9H,3-6,13H2,1-2H3. The van der Waals surface area contributed by atoms with Gasteiger partial charge in [0.05, 0.1) is 11.7 Å². The minimum Gasteiger partial charge on any atom is -0.383 e. The Morgan fingerprint density at radius 1 is 1.53 bits per heavy atom. The smallest absolute Gasteiger partial charge is 0.141 e. The number of aryl methyl sites for hydroxylation is 1. The number of nitrogen functional groups attached to an aromatic ring is 1. The third kappa shape index (κ3) is 1.85. The Kier molecular flexibility index (Phi) is 2.91. The number of nitrogens with zero attached hydrogens (tertiary/aromatic N) is 2. The number of halogens is 1. The van der Waals surface area contributed by atoms with Crippen LogP contribution in [0.15, 0.2) is 0 Å². The summed E-state index contributed by atoms with van der Waals surface area (Å²) in [6, 6.07) is 0.459. The fourth-order valence-electron chi connectivity index (χ4n) is 2.47. The van der Waals surface area contributed by atoms with Gasteiger partial charge < -0.3 is 5.73 Å². The van der Waals surface area contributed by atoms with Crippen LogP contribution in [0.4, 0.5) is 5.82 Å². The van der Waals surface area contributed by atoms with Gasteiger partial charge in [0.15, 0.2) is 0 Å². The minimum atomic E-state index is 0.459. The van der Waals surface area contributed by atoms with E-state index in [-0.39, 0.29) is 0 Å². The predicted molar refractivity (Wildman–Crippen MR) is 63.1 cm³/mol. The molecule has 1 aromatic heterocycles. The summed E-state index contributed by atoms with van der Waals surface area (Å²) in [4.78, 5) is 0. The van der Waals surface area contributed by atoms with E-state index in [9.17, 15) is 0 Å². The topological polar surface area (TPSA) is 43.8 Å². The maximum absolute atomic E-state index is 6.04. The van der Waals surface area contributed by atoms with E-state index in [2.05, 4.69) is 12.0 Å². The molecule has 4 heteroatoms. The van der Waals surface area contributed by atoms with E-state index in [0.717, 1.165) is 11.6 Å². The Labute approximate surface area is 95.6 Å². The Bertz CT molecular complexity index is 359. The van der Waals surface area contributed by atoms with Gasteiger partial charge in [-0.25, -0.2) is 4.68 Å². The summed E-state index contributed by atoms with van der Waals surface area (Å²) in [6.07, 6.45) is 4.92. The predicted octanol–water partition coefficient (Wildman–Crippen LogP) is 3.18. The van der Waals surface area contributed by atoms with Crippen LogP contribution in [0.3, 0.4) is 0 Å². The summed E-state index contributed by atoms with van der Waals surface area (Å²) < 4.78 is 1.92. The molecule has 1 aliphatic rings. The van der Waals surface area contributed by atoms with Crippen LogP contribution in [0.5, 0.6) is 0 Å². The molecule has 1 heterocycles. The third-order valence-corrected chi connectivity index (χ3v) is 3.95. The fraction of sp³-hybridized carbons (Fsp3) is 0.727. The van der Waals surface area contributed by atoms with E-state index < -0.39 is 0 Å². The van der Waals surface area contributed by atoms with Crippen LogP contribution in [-0.4, -0.2) is 9.78 Å². The SMILES string of the molecule is CCC1CCC(n2nc(C)c(Cl)c2N)C1. The van der Waals surface area contributed by atoms with Crippen molar-refractivity contribution in [1.29, 1.82) is 0 Å². The lowest BCUT2D eigenvalue weighted by Gasteiger charge is -2.12. The molecule has 84 valence electrons. The number of aromatic nitrogens is 2. The van der Waals surface area contributed by atoms with Crippen molar-refractivity contribution in [3.8, 4) is 0 Å². The maximum Gasteiger partial charge on any atom is 0.141 e. The van der Waals surface area contributed by atoms with Crippen molar-refractivity contribution in [3.63, 3.8) is 0 Å². The monoisotopic (exact) mass is 227 g/mol. The van der Waals surface area contributed by atoms with Crippen LogP contribution in [0.2, 0.25) is 5.02 Å². The van der Waals surface area contributed by atoms with Crippen molar-refractivity contribution in [3.05, 3.63) is 10.7 Å². The van der Waals surface area contributed by atoms with Gasteiger partial charge in [0.2, 0.25) is 0 Å². The lowest BCUT2D eigenvalue weighted by Crippen LogP contribution is -2.10. The molecule has 2 rings (SSSR count). The summed E-state index contributed by atoms with van der Waals surface area (Å²) in [5.74, 6) is 1.47. The first-order valence-corrected chi connectivity index (χ1v) is 6.01. The number of rotatable bonds is 2. The van der Waals surface area contributed by atoms with Gasteiger partial charge in [-0.05, 0) is 32.1 Å². The normalized spacial score (nSPS) is 26.1. The minimum absolute atomic E-state index is 0.459. The highest BCUT2D eigenvalue weighted by molar-refractivity contribution is 6.33. The van der Waals surface area contributed by atoms with Crippen LogP contribution < -0.4 is 5.73 Å². The highest BCUT2D eigenvalue weighted by Gasteiger charge is 2.27. The van der Waals surface area contributed by atoms with Crippen LogP contribution in [0.25, 0.3) is 0 Å². The number of nitrogens with two attached hydrogens (primary N) is 1. The average molecular weight is 228 g/mol. The van der Waals surface area contributed by atoms with E-state index in [1.54, 1.807) is 0 Å². The zero-order valence-corrected chi connectivity index (χ0v) is 10.1. The molecule has 0 amide bonds. The van der Waals surface area contributed by atoms with Crippen molar-refractivity contribution in [2.75, 3.05) is 5.73 Å². The number of anilines is 1. The van der Waals surface area contributed by atoms with Gasteiger partial charge in [0.25, 0.3) is 0 Å². The first kappa shape index (κ1) is 10.8. The number of hydrogen-bond donors (Lipinski definition) is 1. The van der Waals surface area contributed by atoms with Crippen LogP contribution in [0.1, 0.15) is 44.3 Å². The summed E-state index contributed by atoms with van der Waals surface area (Å²) in [6.45, 7) is 4.15. The molecule has 1 aliphatic carbocycles. The molecule has 0 radical (unpaired) electrons. The molecule has 3 nitrogen and oxygen atoms in total. The van der Waals surface area contributed by atoms with E-state index >= 15 is 0 Å². The second kappa shape index (κ2) is 4.05.